The Morgan fingerprint density at radius 2 is 1.67 bits per heavy atom. The number of ether oxygens (including phenoxy) is 1. The molecule has 2 aliphatic carbocycles. The largest absolute Gasteiger partial charge is 0.522 e. The van der Waals surface area contributed by atoms with Crippen LogP contribution in [-0.2, 0) is 4.74 Å². The summed E-state index contributed by atoms with van der Waals surface area (Å²) in [5.41, 5.74) is 0. The molecule has 0 aliphatic heterocycles. The van der Waals surface area contributed by atoms with Gasteiger partial charge in [-0.2, -0.15) is 11.8 Å². The van der Waals surface area contributed by atoms with E-state index in [9.17, 15) is 13.2 Å². The van der Waals surface area contributed by atoms with Gasteiger partial charge in [0.25, 0.3) is 0 Å². The van der Waals surface area contributed by atoms with Crippen LogP contribution >= 0.6 is 11.8 Å². The minimum Gasteiger partial charge on any atom is -0.289 e. The number of hydrogen-bond donors (Lipinski definition) is 0. The Morgan fingerprint density at radius 3 is 2.29 bits per heavy atom. The summed E-state index contributed by atoms with van der Waals surface area (Å²) in [5.74, 6) is 3.30. The van der Waals surface area contributed by atoms with Crippen LogP contribution in [0.25, 0.3) is 0 Å². The lowest BCUT2D eigenvalue weighted by molar-refractivity contribution is -0.345. The molecule has 21 heavy (non-hydrogen) atoms. The van der Waals surface area contributed by atoms with E-state index in [-0.39, 0.29) is 0 Å². The van der Waals surface area contributed by atoms with Gasteiger partial charge in [0.2, 0.25) is 0 Å². The first-order chi connectivity index (χ1) is 9.83. The Bertz CT molecular complexity index is 313. The monoisotopic (exact) mass is 324 g/mol. The lowest BCUT2D eigenvalue weighted by Gasteiger charge is -2.34. The van der Waals surface area contributed by atoms with Gasteiger partial charge in [-0.15, -0.1) is 13.2 Å². The van der Waals surface area contributed by atoms with E-state index in [0.717, 1.165) is 35.7 Å². The first kappa shape index (κ1) is 17.5. The first-order valence-corrected chi connectivity index (χ1v) is 9.24. The number of hydrogen-bond acceptors (Lipinski definition) is 2. The maximum atomic E-state index is 12.2. The number of rotatable bonds is 4. The summed E-state index contributed by atoms with van der Waals surface area (Å²) in [7, 11) is 0. The maximum absolute atomic E-state index is 12.2. The molecule has 0 spiro atoms. The number of alkyl halides is 3. The van der Waals surface area contributed by atoms with Crippen LogP contribution < -0.4 is 0 Å². The van der Waals surface area contributed by atoms with Crippen molar-refractivity contribution in [3.63, 3.8) is 0 Å². The van der Waals surface area contributed by atoms with Crippen LogP contribution in [0, 0.1) is 17.8 Å². The predicted octanol–water partition coefficient (Wildman–Crippen LogP) is 5.64. The lowest BCUT2D eigenvalue weighted by atomic mass is 9.84. The van der Waals surface area contributed by atoms with Crippen molar-refractivity contribution >= 4 is 11.8 Å². The predicted molar refractivity (Wildman–Crippen MR) is 81.3 cm³/mol. The molecule has 0 aromatic rings. The number of halogens is 3. The molecule has 0 N–H and O–H groups in total. The summed E-state index contributed by atoms with van der Waals surface area (Å²) in [6.45, 7) is 4.68. The van der Waals surface area contributed by atoms with Gasteiger partial charge in [0, 0.05) is 5.25 Å². The van der Waals surface area contributed by atoms with Crippen molar-refractivity contribution in [3.05, 3.63) is 0 Å². The Kier molecular flexibility index (Phi) is 6.30. The second kappa shape index (κ2) is 7.58. The van der Waals surface area contributed by atoms with E-state index in [4.69, 9.17) is 0 Å². The molecule has 2 rings (SSSR count). The van der Waals surface area contributed by atoms with Crippen molar-refractivity contribution in [1.82, 2.24) is 0 Å². The molecule has 0 saturated heterocycles. The van der Waals surface area contributed by atoms with Crippen LogP contribution in [0.15, 0.2) is 0 Å². The summed E-state index contributed by atoms with van der Waals surface area (Å²) < 4.78 is 40.7. The molecule has 0 radical (unpaired) electrons. The van der Waals surface area contributed by atoms with Gasteiger partial charge in [-0.25, -0.2) is 0 Å². The van der Waals surface area contributed by atoms with Crippen molar-refractivity contribution in [2.45, 2.75) is 76.5 Å². The lowest BCUT2D eigenvalue weighted by Crippen LogP contribution is -2.29. The van der Waals surface area contributed by atoms with Crippen LogP contribution in [0.4, 0.5) is 13.2 Å². The molecular weight excluding hydrogens is 297 g/mol. The van der Waals surface area contributed by atoms with Gasteiger partial charge < -0.3 is 0 Å². The Morgan fingerprint density at radius 1 is 1.00 bits per heavy atom. The third-order valence-corrected chi connectivity index (χ3v) is 6.77. The first-order valence-electron chi connectivity index (χ1n) is 8.19. The summed E-state index contributed by atoms with van der Waals surface area (Å²) in [5, 5.41) is 0.748. The third-order valence-electron chi connectivity index (χ3n) is 5.02. The van der Waals surface area contributed by atoms with Gasteiger partial charge in [0.1, 0.15) is 0 Å². The molecule has 0 aromatic heterocycles. The highest BCUT2D eigenvalue weighted by Gasteiger charge is 2.35. The third kappa shape index (κ3) is 6.01. The second-order valence-corrected chi connectivity index (χ2v) is 8.25. The van der Waals surface area contributed by atoms with E-state index >= 15 is 0 Å². The van der Waals surface area contributed by atoms with Crippen LogP contribution in [-0.4, -0.2) is 23.5 Å². The second-order valence-electron chi connectivity index (χ2n) is 6.97. The standard InChI is InChI=1S/C16H27F3OS/c1-11-3-4-12(2)15(9-11)21-10-13-5-7-14(8-6-13)20-16(17,18)19/h11-15H,3-10H2,1-2H3. The van der Waals surface area contributed by atoms with Gasteiger partial charge >= 0.3 is 6.36 Å². The summed E-state index contributed by atoms with van der Waals surface area (Å²) in [6.07, 6.45) is 1.76. The van der Waals surface area contributed by atoms with Crippen molar-refractivity contribution in [3.8, 4) is 0 Å². The summed E-state index contributed by atoms with van der Waals surface area (Å²) in [4.78, 5) is 0. The minimum absolute atomic E-state index is 0.557. The van der Waals surface area contributed by atoms with E-state index in [1.807, 2.05) is 0 Å². The van der Waals surface area contributed by atoms with Gasteiger partial charge in [-0.05, 0) is 62.0 Å². The van der Waals surface area contributed by atoms with E-state index in [1.54, 1.807) is 0 Å². The Hall–Kier alpha value is 0.100. The van der Waals surface area contributed by atoms with Crippen LogP contribution in [0.2, 0.25) is 0 Å². The highest BCUT2D eigenvalue weighted by Crippen LogP contribution is 2.39. The minimum atomic E-state index is -4.47. The van der Waals surface area contributed by atoms with E-state index in [2.05, 4.69) is 30.3 Å². The zero-order chi connectivity index (χ0) is 15.5. The van der Waals surface area contributed by atoms with Gasteiger partial charge in [0.05, 0.1) is 6.10 Å². The van der Waals surface area contributed by atoms with Crippen LogP contribution in [0.3, 0.4) is 0 Å². The smallest absolute Gasteiger partial charge is 0.289 e. The zero-order valence-electron chi connectivity index (χ0n) is 13.0. The topological polar surface area (TPSA) is 9.23 Å². The van der Waals surface area contributed by atoms with Crippen molar-refractivity contribution in [2.24, 2.45) is 17.8 Å². The van der Waals surface area contributed by atoms with Crippen molar-refractivity contribution in [1.29, 1.82) is 0 Å². The molecule has 3 unspecified atom stereocenters. The molecule has 0 aromatic carbocycles. The van der Waals surface area contributed by atoms with Crippen molar-refractivity contribution in [2.75, 3.05) is 5.75 Å². The van der Waals surface area contributed by atoms with Gasteiger partial charge in [-0.1, -0.05) is 20.3 Å². The zero-order valence-corrected chi connectivity index (χ0v) is 13.8. The molecule has 5 heteroatoms. The highest BCUT2D eigenvalue weighted by atomic mass is 32.2. The van der Waals surface area contributed by atoms with Crippen LogP contribution in [0.1, 0.15) is 58.8 Å². The van der Waals surface area contributed by atoms with Gasteiger partial charge in [-0.3, -0.25) is 4.74 Å². The SMILES string of the molecule is CC1CCC(C)C(SCC2CCC(OC(F)(F)F)CC2)C1. The number of thioether (sulfide) groups is 1. The highest BCUT2D eigenvalue weighted by molar-refractivity contribution is 7.99. The maximum Gasteiger partial charge on any atom is 0.522 e. The molecule has 3 atom stereocenters. The molecule has 2 saturated carbocycles. The molecule has 124 valence electrons. The molecular formula is C16H27F3OS. The average Bonchev–Trinajstić information content (AvgIpc) is 2.40. The molecule has 1 nitrogen and oxygen atoms in total. The molecule has 0 heterocycles. The summed E-state index contributed by atoms with van der Waals surface area (Å²) >= 11 is 2.07. The molecule has 0 bridgehead atoms. The van der Waals surface area contributed by atoms with Crippen molar-refractivity contribution < 1.29 is 17.9 Å². The van der Waals surface area contributed by atoms with E-state index in [1.165, 1.54) is 19.3 Å². The van der Waals surface area contributed by atoms with Crippen LogP contribution in [0.5, 0.6) is 0 Å². The fourth-order valence-corrected chi connectivity index (χ4v) is 5.36. The Labute approximate surface area is 130 Å². The van der Waals surface area contributed by atoms with E-state index in [0.29, 0.717) is 18.8 Å². The molecule has 2 aliphatic rings. The van der Waals surface area contributed by atoms with Gasteiger partial charge in [0.15, 0.2) is 0 Å². The quantitative estimate of drug-likeness (QED) is 0.662. The normalized spacial score (nSPS) is 38.4. The van der Waals surface area contributed by atoms with E-state index < -0.39 is 12.5 Å². The Balaban J connectivity index is 1.67. The molecule has 2 fully saturated rings. The fourth-order valence-electron chi connectivity index (χ4n) is 3.58. The average molecular weight is 324 g/mol. The fraction of sp³-hybridized carbons (Fsp3) is 1.00. The summed E-state index contributed by atoms with van der Waals surface area (Å²) in [6, 6.07) is 0. The molecule has 0 amide bonds.